The SMILES string of the molecule is Cc1ccc2c(c1)-c1ccc(-c3ccccc3)cc1C21CCCCC1. The van der Waals surface area contributed by atoms with Gasteiger partial charge in [0, 0.05) is 5.41 Å². The fourth-order valence-electron chi connectivity index (χ4n) is 5.12. The van der Waals surface area contributed by atoms with E-state index in [1.54, 1.807) is 11.1 Å². The molecule has 0 saturated heterocycles. The third-order valence-electron chi connectivity index (χ3n) is 6.33. The summed E-state index contributed by atoms with van der Waals surface area (Å²) < 4.78 is 0. The summed E-state index contributed by atoms with van der Waals surface area (Å²) in [6.45, 7) is 2.21. The molecule has 1 fully saturated rings. The van der Waals surface area contributed by atoms with Crippen LogP contribution in [0, 0.1) is 6.92 Å². The van der Waals surface area contributed by atoms with E-state index in [0.29, 0.717) is 0 Å². The van der Waals surface area contributed by atoms with Gasteiger partial charge in [-0.1, -0.05) is 85.5 Å². The van der Waals surface area contributed by atoms with E-state index in [1.165, 1.54) is 59.9 Å². The standard InChI is InChI=1S/C25H24/c1-18-10-13-23-22(16-18)21-12-11-20(19-8-4-2-5-9-19)17-24(21)25(23)14-6-3-7-15-25/h2,4-5,8-13,16-17H,3,6-7,14-15H2,1H3. The van der Waals surface area contributed by atoms with Gasteiger partial charge >= 0.3 is 0 Å². The summed E-state index contributed by atoms with van der Waals surface area (Å²) in [5.41, 5.74) is 10.4. The molecule has 0 unspecified atom stereocenters. The minimum Gasteiger partial charge on any atom is -0.0622 e. The molecule has 0 radical (unpaired) electrons. The molecule has 5 rings (SSSR count). The largest absolute Gasteiger partial charge is 0.0622 e. The molecule has 0 heteroatoms. The van der Waals surface area contributed by atoms with E-state index in [2.05, 4.69) is 73.7 Å². The topological polar surface area (TPSA) is 0 Å². The van der Waals surface area contributed by atoms with Crippen LogP contribution in [0.15, 0.2) is 66.7 Å². The van der Waals surface area contributed by atoms with Crippen LogP contribution < -0.4 is 0 Å². The van der Waals surface area contributed by atoms with Gasteiger partial charge in [-0.25, -0.2) is 0 Å². The molecule has 124 valence electrons. The number of hydrogen-bond donors (Lipinski definition) is 0. The Bertz CT molecular complexity index is 928. The van der Waals surface area contributed by atoms with E-state index in [9.17, 15) is 0 Å². The Morgan fingerprint density at radius 1 is 0.640 bits per heavy atom. The van der Waals surface area contributed by atoms with Gasteiger partial charge in [0.05, 0.1) is 0 Å². The molecule has 1 spiro atoms. The molecule has 3 aromatic carbocycles. The highest BCUT2D eigenvalue weighted by atomic mass is 14.5. The van der Waals surface area contributed by atoms with Crippen LogP contribution in [0.25, 0.3) is 22.3 Å². The van der Waals surface area contributed by atoms with Crippen LogP contribution in [0.2, 0.25) is 0 Å². The lowest BCUT2D eigenvalue weighted by atomic mass is 9.67. The second kappa shape index (κ2) is 5.59. The molecule has 3 aromatic rings. The first-order valence-corrected chi connectivity index (χ1v) is 9.59. The van der Waals surface area contributed by atoms with Crippen LogP contribution in [0.3, 0.4) is 0 Å². The fraction of sp³-hybridized carbons (Fsp3) is 0.280. The molecular formula is C25H24. The zero-order valence-electron chi connectivity index (χ0n) is 14.9. The van der Waals surface area contributed by atoms with Crippen molar-refractivity contribution in [2.24, 2.45) is 0 Å². The number of aryl methyl sites for hydroxylation is 1. The molecule has 0 heterocycles. The number of rotatable bonds is 1. The van der Waals surface area contributed by atoms with E-state index >= 15 is 0 Å². The van der Waals surface area contributed by atoms with Gasteiger partial charge in [-0.05, 0) is 59.2 Å². The van der Waals surface area contributed by atoms with Crippen LogP contribution in [-0.4, -0.2) is 0 Å². The quantitative estimate of drug-likeness (QED) is 0.457. The molecule has 0 bridgehead atoms. The summed E-state index contributed by atoms with van der Waals surface area (Å²) in [6.07, 6.45) is 6.68. The highest BCUT2D eigenvalue weighted by molar-refractivity contribution is 5.84. The van der Waals surface area contributed by atoms with Gasteiger partial charge in [0.25, 0.3) is 0 Å². The summed E-state index contributed by atoms with van der Waals surface area (Å²) in [5, 5.41) is 0. The van der Waals surface area contributed by atoms with Gasteiger partial charge in [0.15, 0.2) is 0 Å². The second-order valence-electron chi connectivity index (χ2n) is 7.82. The molecular weight excluding hydrogens is 300 g/mol. The number of benzene rings is 3. The molecule has 0 atom stereocenters. The van der Waals surface area contributed by atoms with Crippen molar-refractivity contribution in [1.82, 2.24) is 0 Å². The van der Waals surface area contributed by atoms with Gasteiger partial charge in [-0.3, -0.25) is 0 Å². The highest BCUT2D eigenvalue weighted by Gasteiger charge is 2.43. The van der Waals surface area contributed by atoms with Gasteiger partial charge in [-0.15, -0.1) is 0 Å². The summed E-state index contributed by atoms with van der Waals surface area (Å²) in [6, 6.07) is 25.1. The van der Waals surface area contributed by atoms with E-state index < -0.39 is 0 Å². The maximum atomic E-state index is 2.49. The van der Waals surface area contributed by atoms with Crippen molar-refractivity contribution in [3.8, 4) is 22.3 Å². The van der Waals surface area contributed by atoms with Crippen molar-refractivity contribution in [3.05, 3.63) is 83.4 Å². The van der Waals surface area contributed by atoms with Crippen molar-refractivity contribution in [2.75, 3.05) is 0 Å². The fourth-order valence-corrected chi connectivity index (χ4v) is 5.12. The first-order valence-electron chi connectivity index (χ1n) is 9.59. The van der Waals surface area contributed by atoms with Crippen molar-refractivity contribution in [2.45, 2.75) is 44.4 Å². The third-order valence-corrected chi connectivity index (χ3v) is 6.33. The molecule has 2 aliphatic carbocycles. The van der Waals surface area contributed by atoms with Crippen molar-refractivity contribution in [3.63, 3.8) is 0 Å². The first kappa shape index (κ1) is 15.0. The van der Waals surface area contributed by atoms with E-state index in [4.69, 9.17) is 0 Å². The lowest BCUT2D eigenvalue weighted by Gasteiger charge is -2.36. The monoisotopic (exact) mass is 324 g/mol. The molecule has 1 saturated carbocycles. The molecule has 25 heavy (non-hydrogen) atoms. The Balaban J connectivity index is 1.75. The van der Waals surface area contributed by atoms with E-state index in [1.807, 2.05) is 0 Å². The molecule has 0 nitrogen and oxygen atoms in total. The van der Waals surface area contributed by atoms with Crippen molar-refractivity contribution in [1.29, 1.82) is 0 Å². The minimum atomic E-state index is 0.251. The van der Waals surface area contributed by atoms with Crippen LogP contribution in [0.4, 0.5) is 0 Å². The molecule has 0 aliphatic heterocycles. The van der Waals surface area contributed by atoms with E-state index in [-0.39, 0.29) is 5.41 Å². The lowest BCUT2D eigenvalue weighted by Crippen LogP contribution is -2.28. The van der Waals surface area contributed by atoms with E-state index in [0.717, 1.165) is 0 Å². The Morgan fingerprint density at radius 2 is 1.44 bits per heavy atom. The second-order valence-corrected chi connectivity index (χ2v) is 7.82. The maximum absolute atomic E-state index is 2.49. The van der Waals surface area contributed by atoms with Crippen molar-refractivity contribution < 1.29 is 0 Å². The molecule has 0 amide bonds. The van der Waals surface area contributed by atoms with Crippen LogP contribution in [-0.2, 0) is 5.41 Å². The van der Waals surface area contributed by atoms with Crippen LogP contribution in [0.1, 0.15) is 48.8 Å². The number of fused-ring (bicyclic) bond motifs is 5. The predicted molar refractivity (Wildman–Crippen MR) is 106 cm³/mol. The Morgan fingerprint density at radius 3 is 2.24 bits per heavy atom. The van der Waals surface area contributed by atoms with Crippen molar-refractivity contribution >= 4 is 0 Å². The van der Waals surface area contributed by atoms with Crippen LogP contribution in [0.5, 0.6) is 0 Å². The summed E-state index contributed by atoms with van der Waals surface area (Å²) in [7, 11) is 0. The average Bonchev–Trinajstić information content (AvgIpc) is 2.92. The minimum absolute atomic E-state index is 0.251. The van der Waals surface area contributed by atoms with Gasteiger partial charge in [0.2, 0.25) is 0 Å². The van der Waals surface area contributed by atoms with Gasteiger partial charge < -0.3 is 0 Å². The Hall–Kier alpha value is -2.34. The average molecular weight is 324 g/mol. The molecule has 2 aliphatic rings. The maximum Gasteiger partial charge on any atom is 0.0215 e. The zero-order valence-corrected chi connectivity index (χ0v) is 14.9. The Kier molecular flexibility index (Phi) is 3.35. The first-order chi connectivity index (χ1) is 12.3. The summed E-state index contributed by atoms with van der Waals surface area (Å²) >= 11 is 0. The zero-order chi connectivity index (χ0) is 16.9. The molecule has 0 N–H and O–H groups in total. The van der Waals surface area contributed by atoms with Gasteiger partial charge in [0.1, 0.15) is 0 Å². The third kappa shape index (κ3) is 2.20. The van der Waals surface area contributed by atoms with Crippen LogP contribution >= 0.6 is 0 Å². The Labute approximate surface area is 150 Å². The predicted octanol–water partition coefficient (Wildman–Crippen LogP) is 6.89. The summed E-state index contributed by atoms with van der Waals surface area (Å²) in [4.78, 5) is 0. The molecule has 0 aromatic heterocycles. The van der Waals surface area contributed by atoms with Gasteiger partial charge in [-0.2, -0.15) is 0 Å². The highest BCUT2D eigenvalue weighted by Crippen LogP contribution is 2.56. The lowest BCUT2D eigenvalue weighted by molar-refractivity contribution is 0.353. The smallest absolute Gasteiger partial charge is 0.0215 e. The normalized spacial score (nSPS) is 17.3. The summed E-state index contributed by atoms with van der Waals surface area (Å²) in [5.74, 6) is 0. The number of hydrogen-bond acceptors (Lipinski definition) is 0.